The third-order valence-corrected chi connectivity index (χ3v) is 2.79. The number of carbonyl (C=O) groups is 1. The van der Waals surface area contributed by atoms with E-state index in [1.165, 1.54) is 0 Å². The molecule has 104 valence electrons. The van der Waals surface area contributed by atoms with E-state index in [1.54, 1.807) is 13.8 Å². The van der Waals surface area contributed by atoms with Gasteiger partial charge in [-0.1, -0.05) is 26.1 Å². The standard InChI is InChI=1S/C12H13F3N2OS/c1-5(2)10(11(16)19)17-12(18)6-3-4-7(13)9(15)8(6)14/h3-5,10H,1-2H3,(H2,16,19)(H,17,18). The summed E-state index contributed by atoms with van der Waals surface area (Å²) in [6, 6.07) is 0.883. The molecule has 0 heterocycles. The Hall–Kier alpha value is -1.63. The number of nitrogens with one attached hydrogen (secondary N) is 1. The SMILES string of the molecule is CC(C)C(NC(=O)c1ccc(F)c(F)c1F)C(N)=S. The largest absolute Gasteiger partial charge is 0.392 e. The van der Waals surface area contributed by atoms with Gasteiger partial charge in [-0.25, -0.2) is 13.2 Å². The first-order valence-electron chi connectivity index (χ1n) is 5.49. The van der Waals surface area contributed by atoms with Crippen molar-refractivity contribution in [2.75, 3.05) is 0 Å². The minimum atomic E-state index is -1.69. The van der Waals surface area contributed by atoms with Crippen LogP contribution in [0.2, 0.25) is 0 Å². The summed E-state index contributed by atoms with van der Waals surface area (Å²) < 4.78 is 39.2. The number of hydrogen-bond donors (Lipinski definition) is 2. The maximum absolute atomic E-state index is 13.4. The van der Waals surface area contributed by atoms with E-state index in [2.05, 4.69) is 5.32 Å². The molecule has 0 spiro atoms. The van der Waals surface area contributed by atoms with Crippen molar-refractivity contribution in [1.82, 2.24) is 5.32 Å². The average molecular weight is 290 g/mol. The van der Waals surface area contributed by atoms with Gasteiger partial charge in [0.2, 0.25) is 0 Å². The molecule has 0 aliphatic carbocycles. The van der Waals surface area contributed by atoms with Crippen LogP contribution < -0.4 is 11.1 Å². The highest BCUT2D eigenvalue weighted by atomic mass is 32.1. The minimum Gasteiger partial charge on any atom is -0.392 e. The van der Waals surface area contributed by atoms with Gasteiger partial charge in [-0.05, 0) is 18.1 Å². The van der Waals surface area contributed by atoms with Crippen molar-refractivity contribution in [3.05, 3.63) is 35.1 Å². The molecule has 1 amide bonds. The molecule has 0 radical (unpaired) electrons. The van der Waals surface area contributed by atoms with Gasteiger partial charge in [0.25, 0.3) is 5.91 Å². The summed E-state index contributed by atoms with van der Waals surface area (Å²) in [5.41, 5.74) is 4.85. The summed E-state index contributed by atoms with van der Waals surface area (Å²) in [7, 11) is 0. The number of carbonyl (C=O) groups excluding carboxylic acids is 1. The molecule has 3 nitrogen and oxygen atoms in total. The van der Waals surface area contributed by atoms with Crippen LogP contribution in [0.5, 0.6) is 0 Å². The Labute approximate surface area is 114 Å². The predicted molar refractivity (Wildman–Crippen MR) is 69.2 cm³/mol. The first-order valence-corrected chi connectivity index (χ1v) is 5.90. The Kier molecular flexibility index (Phi) is 4.88. The molecule has 0 aliphatic heterocycles. The zero-order chi connectivity index (χ0) is 14.7. The van der Waals surface area contributed by atoms with Crippen molar-refractivity contribution >= 4 is 23.1 Å². The van der Waals surface area contributed by atoms with E-state index in [0.717, 1.165) is 6.07 Å². The second-order valence-corrected chi connectivity index (χ2v) is 4.79. The van der Waals surface area contributed by atoms with Crippen LogP contribution in [0.4, 0.5) is 13.2 Å². The molecular formula is C12H13F3N2OS. The van der Waals surface area contributed by atoms with Crippen LogP contribution in [0.25, 0.3) is 0 Å². The first kappa shape index (κ1) is 15.4. The summed E-state index contributed by atoms with van der Waals surface area (Å²) >= 11 is 4.78. The Bertz CT molecular complexity index is 520. The number of rotatable bonds is 4. The summed E-state index contributed by atoms with van der Waals surface area (Å²) in [4.78, 5) is 11.8. The highest BCUT2D eigenvalue weighted by Crippen LogP contribution is 2.15. The molecular weight excluding hydrogens is 277 g/mol. The molecule has 1 atom stereocenters. The number of thiocarbonyl (C=S) groups is 1. The number of hydrogen-bond acceptors (Lipinski definition) is 2. The van der Waals surface area contributed by atoms with Crippen molar-refractivity contribution in [1.29, 1.82) is 0 Å². The van der Waals surface area contributed by atoms with E-state index in [0.29, 0.717) is 6.07 Å². The maximum atomic E-state index is 13.4. The van der Waals surface area contributed by atoms with Gasteiger partial charge in [-0.15, -0.1) is 0 Å². The fourth-order valence-electron chi connectivity index (χ4n) is 1.49. The second kappa shape index (κ2) is 6.01. The normalized spacial score (nSPS) is 12.3. The first-order chi connectivity index (χ1) is 8.75. The fraction of sp³-hybridized carbons (Fsp3) is 0.333. The minimum absolute atomic E-state index is 0.0336. The van der Waals surface area contributed by atoms with E-state index in [4.69, 9.17) is 18.0 Å². The second-order valence-electron chi connectivity index (χ2n) is 4.32. The molecule has 0 bridgehead atoms. The van der Waals surface area contributed by atoms with Gasteiger partial charge in [-0.2, -0.15) is 0 Å². The molecule has 1 aromatic rings. The van der Waals surface area contributed by atoms with Gasteiger partial charge >= 0.3 is 0 Å². The maximum Gasteiger partial charge on any atom is 0.254 e. The Morgan fingerprint density at radius 3 is 2.32 bits per heavy atom. The summed E-state index contributed by atoms with van der Waals surface area (Å²) in [5, 5.41) is 2.39. The van der Waals surface area contributed by atoms with Crippen LogP contribution in [0.1, 0.15) is 24.2 Å². The molecule has 0 aliphatic rings. The summed E-state index contributed by atoms with van der Waals surface area (Å²) in [6.45, 7) is 3.51. The van der Waals surface area contributed by atoms with Crippen LogP contribution >= 0.6 is 12.2 Å². The number of benzene rings is 1. The Morgan fingerprint density at radius 1 is 1.26 bits per heavy atom. The average Bonchev–Trinajstić information content (AvgIpc) is 2.32. The zero-order valence-corrected chi connectivity index (χ0v) is 11.2. The van der Waals surface area contributed by atoms with Crippen molar-refractivity contribution < 1.29 is 18.0 Å². The van der Waals surface area contributed by atoms with Crippen molar-refractivity contribution in [3.8, 4) is 0 Å². The molecule has 7 heteroatoms. The lowest BCUT2D eigenvalue weighted by atomic mass is 10.0. The topological polar surface area (TPSA) is 55.1 Å². The van der Waals surface area contributed by atoms with Gasteiger partial charge in [0.1, 0.15) is 0 Å². The van der Waals surface area contributed by atoms with Crippen LogP contribution in [0.3, 0.4) is 0 Å². The van der Waals surface area contributed by atoms with E-state index in [-0.39, 0.29) is 10.9 Å². The Morgan fingerprint density at radius 2 is 1.84 bits per heavy atom. The third-order valence-electron chi connectivity index (χ3n) is 2.54. The molecule has 1 aromatic carbocycles. The molecule has 0 saturated heterocycles. The molecule has 1 rings (SSSR count). The van der Waals surface area contributed by atoms with Gasteiger partial charge in [0.05, 0.1) is 16.6 Å². The van der Waals surface area contributed by atoms with Crippen LogP contribution in [0.15, 0.2) is 12.1 Å². The van der Waals surface area contributed by atoms with Crippen LogP contribution in [0, 0.1) is 23.4 Å². The Balaban J connectivity index is 3.02. The smallest absolute Gasteiger partial charge is 0.254 e. The highest BCUT2D eigenvalue weighted by Gasteiger charge is 2.23. The van der Waals surface area contributed by atoms with Gasteiger partial charge in [-0.3, -0.25) is 4.79 Å². The van der Waals surface area contributed by atoms with Crippen molar-refractivity contribution in [2.45, 2.75) is 19.9 Å². The zero-order valence-electron chi connectivity index (χ0n) is 10.3. The van der Waals surface area contributed by atoms with Crippen molar-refractivity contribution in [2.24, 2.45) is 11.7 Å². The number of nitrogens with two attached hydrogens (primary N) is 1. The van der Waals surface area contributed by atoms with E-state index in [1.807, 2.05) is 0 Å². The lowest BCUT2D eigenvalue weighted by Gasteiger charge is -2.21. The lowest BCUT2D eigenvalue weighted by Crippen LogP contribution is -2.47. The molecule has 3 N–H and O–H groups in total. The molecule has 0 aromatic heterocycles. The van der Waals surface area contributed by atoms with Crippen LogP contribution in [-0.4, -0.2) is 16.9 Å². The third kappa shape index (κ3) is 3.44. The lowest BCUT2D eigenvalue weighted by molar-refractivity contribution is 0.0934. The fourth-order valence-corrected chi connectivity index (χ4v) is 1.82. The van der Waals surface area contributed by atoms with E-state index >= 15 is 0 Å². The monoisotopic (exact) mass is 290 g/mol. The number of amides is 1. The van der Waals surface area contributed by atoms with E-state index < -0.39 is 35.0 Å². The van der Waals surface area contributed by atoms with Crippen molar-refractivity contribution in [3.63, 3.8) is 0 Å². The van der Waals surface area contributed by atoms with Gasteiger partial charge < -0.3 is 11.1 Å². The summed E-state index contributed by atoms with van der Waals surface area (Å²) in [5.74, 6) is -5.60. The number of halogens is 3. The molecule has 19 heavy (non-hydrogen) atoms. The van der Waals surface area contributed by atoms with E-state index in [9.17, 15) is 18.0 Å². The van der Waals surface area contributed by atoms with Gasteiger partial charge in [0, 0.05) is 0 Å². The molecule has 1 unspecified atom stereocenters. The molecule has 0 saturated carbocycles. The van der Waals surface area contributed by atoms with Crippen LogP contribution in [-0.2, 0) is 0 Å². The quantitative estimate of drug-likeness (QED) is 0.660. The highest BCUT2D eigenvalue weighted by molar-refractivity contribution is 7.80. The van der Waals surface area contributed by atoms with Gasteiger partial charge in [0.15, 0.2) is 17.5 Å². The molecule has 0 fully saturated rings. The predicted octanol–water partition coefficient (Wildman–Crippen LogP) is 2.14. The summed E-state index contributed by atoms with van der Waals surface area (Å²) in [6.07, 6.45) is 0.